The zero-order chi connectivity index (χ0) is 13.9. The van der Waals surface area contributed by atoms with Crippen LogP contribution in [0.4, 0.5) is 5.69 Å². The predicted octanol–water partition coefficient (Wildman–Crippen LogP) is 4.10. The maximum absolute atomic E-state index is 5.27. The van der Waals surface area contributed by atoms with Crippen LogP contribution in [0.3, 0.4) is 0 Å². The molecule has 3 nitrogen and oxygen atoms in total. The minimum Gasteiger partial charge on any atom is -0.496 e. The van der Waals surface area contributed by atoms with Gasteiger partial charge in [0.1, 0.15) is 5.75 Å². The average Bonchev–Trinajstić information content (AvgIpc) is 2.92. The van der Waals surface area contributed by atoms with Gasteiger partial charge in [0, 0.05) is 23.9 Å². The van der Waals surface area contributed by atoms with E-state index >= 15 is 0 Å². The van der Waals surface area contributed by atoms with Gasteiger partial charge in [-0.05, 0) is 53.8 Å². The normalized spacial score (nSPS) is 10.7. The minimum absolute atomic E-state index is 0.806. The Hall–Kier alpha value is -2.42. The molecule has 1 aromatic heterocycles. The molecule has 2 N–H and O–H groups in total. The Morgan fingerprint density at radius 1 is 1.10 bits per heavy atom. The number of H-pyrrole nitrogens is 1. The van der Waals surface area contributed by atoms with E-state index < -0.39 is 0 Å². The lowest BCUT2D eigenvalue weighted by Gasteiger charge is -2.10. The van der Waals surface area contributed by atoms with Crippen molar-refractivity contribution in [2.45, 2.75) is 13.5 Å². The number of hydrogen-bond acceptors (Lipinski definition) is 2. The molecule has 0 aliphatic heterocycles. The highest BCUT2D eigenvalue weighted by Crippen LogP contribution is 2.22. The topological polar surface area (TPSA) is 37.0 Å². The van der Waals surface area contributed by atoms with Gasteiger partial charge in [-0.2, -0.15) is 0 Å². The van der Waals surface area contributed by atoms with Crippen molar-refractivity contribution < 1.29 is 4.74 Å². The standard InChI is InChI=1S/C17H18N2O/c1-12-9-15(5-6-17(12)20-2)19-11-13-3-4-14-7-8-18-16(14)10-13/h3-10,18-19H,11H2,1-2H3. The van der Waals surface area contributed by atoms with E-state index in [-0.39, 0.29) is 0 Å². The van der Waals surface area contributed by atoms with Crippen molar-refractivity contribution in [2.24, 2.45) is 0 Å². The maximum atomic E-state index is 5.27. The second kappa shape index (κ2) is 5.29. The Bertz CT molecular complexity index is 731. The van der Waals surface area contributed by atoms with Crippen molar-refractivity contribution in [3.05, 3.63) is 59.8 Å². The van der Waals surface area contributed by atoms with Crippen LogP contribution in [0, 0.1) is 6.92 Å². The monoisotopic (exact) mass is 266 g/mol. The molecule has 0 aliphatic rings. The minimum atomic E-state index is 0.806. The second-order valence-corrected chi connectivity index (χ2v) is 4.94. The Morgan fingerprint density at radius 2 is 2.00 bits per heavy atom. The first kappa shape index (κ1) is 12.6. The molecule has 0 atom stereocenters. The summed E-state index contributed by atoms with van der Waals surface area (Å²) < 4.78 is 5.27. The van der Waals surface area contributed by atoms with Crippen molar-refractivity contribution in [3.8, 4) is 5.75 Å². The molecule has 0 saturated heterocycles. The number of anilines is 1. The van der Waals surface area contributed by atoms with E-state index in [9.17, 15) is 0 Å². The van der Waals surface area contributed by atoms with Crippen LogP contribution >= 0.6 is 0 Å². The van der Waals surface area contributed by atoms with Crippen LogP contribution < -0.4 is 10.1 Å². The van der Waals surface area contributed by atoms with Crippen molar-refractivity contribution in [2.75, 3.05) is 12.4 Å². The third-order valence-electron chi connectivity index (χ3n) is 3.51. The van der Waals surface area contributed by atoms with E-state index in [1.165, 1.54) is 16.5 Å². The van der Waals surface area contributed by atoms with Crippen LogP contribution in [0.5, 0.6) is 5.75 Å². The Balaban J connectivity index is 1.73. The smallest absolute Gasteiger partial charge is 0.121 e. The number of aromatic nitrogens is 1. The van der Waals surface area contributed by atoms with Crippen molar-refractivity contribution in [3.63, 3.8) is 0 Å². The van der Waals surface area contributed by atoms with Gasteiger partial charge in [-0.15, -0.1) is 0 Å². The number of ether oxygens (including phenoxy) is 1. The molecule has 2 aromatic carbocycles. The molecule has 102 valence electrons. The quantitative estimate of drug-likeness (QED) is 0.746. The summed E-state index contributed by atoms with van der Waals surface area (Å²) >= 11 is 0. The van der Waals surface area contributed by atoms with Crippen LogP contribution in [0.2, 0.25) is 0 Å². The zero-order valence-corrected chi connectivity index (χ0v) is 11.7. The summed E-state index contributed by atoms with van der Waals surface area (Å²) in [6, 6.07) is 14.7. The fraction of sp³-hybridized carbons (Fsp3) is 0.176. The SMILES string of the molecule is COc1ccc(NCc2ccc3cc[nH]c3c2)cc1C. The number of aromatic amines is 1. The maximum Gasteiger partial charge on any atom is 0.121 e. The molecule has 0 amide bonds. The van der Waals surface area contributed by atoms with Crippen molar-refractivity contribution in [1.82, 2.24) is 4.98 Å². The molecule has 3 aromatic rings. The van der Waals surface area contributed by atoms with Gasteiger partial charge in [-0.25, -0.2) is 0 Å². The van der Waals surface area contributed by atoms with Gasteiger partial charge in [-0.1, -0.05) is 12.1 Å². The van der Waals surface area contributed by atoms with E-state index in [1.54, 1.807) is 7.11 Å². The molecule has 0 fully saturated rings. The van der Waals surface area contributed by atoms with Crippen molar-refractivity contribution in [1.29, 1.82) is 0 Å². The molecule has 0 bridgehead atoms. The highest BCUT2D eigenvalue weighted by molar-refractivity contribution is 5.79. The van der Waals surface area contributed by atoms with E-state index in [2.05, 4.69) is 47.6 Å². The summed E-state index contributed by atoms with van der Waals surface area (Å²) in [5.74, 6) is 0.920. The molecule has 0 saturated carbocycles. The molecular weight excluding hydrogens is 248 g/mol. The molecular formula is C17H18N2O. The third kappa shape index (κ3) is 2.48. The van der Waals surface area contributed by atoms with E-state index in [4.69, 9.17) is 4.74 Å². The molecule has 0 radical (unpaired) electrons. The van der Waals surface area contributed by atoms with Gasteiger partial charge in [0.2, 0.25) is 0 Å². The van der Waals surface area contributed by atoms with E-state index in [0.717, 1.165) is 23.5 Å². The fourth-order valence-corrected chi connectivity index (χ4v) is 2.40. The third-order valence-corrected chi connectivity index (χ3v) is 3.51. The molecule has 0 unspecified atom stereocenters. The second-order valence-electron chi connectivity index (χ2n) is 4.94. The number of hydrogen-bond donors (Lipinski definition) is 2. The van der Waals surface area contributed by atoms with E-state index in [0.29, 0.717) is 0 Å². The summed E-state index contributed by atoms with van der Waals surface area (Å²) in [6.07, 6.45) is 1.97. The van der Waals surface area contributed by atoms with Crippen LogP contribution in [-0.2, 0) is 6.54 Å². The number of nitrogens with one attached hydrogen (secondary N) is 2. The summed E-state index contributed by atoms with van der Waals surface area (Å²) in [7, 11) is 1.70. The average molecular weight is 266 g/mol. The highest BCUT2D eigenvalue weighted by Gasteiger charge is 2.01. The lowest BCUT2D eigenvalue weighted by molar-refractivity contribution is 0.412. The van der Waals surface area contributed by atoms with Gasteiger partial charge < -0.3 is 15.0 Å². The largest absolute Gasteiger partial charge is 0.496 e. The van der Waals surface area contributed by atoms with Crippen LogP contribution in [0.1, 0.15) is 11.1 Å². The highest BCUT2D eigenvalue weighted by atomic mass is 16.5. The molecule has 1 heterocycles. The lowest BCUT2D eigenvalue weighted by atomic mass is 10.1. The van der Waals surface area contributed by atoms with Crippen molar-refractivity contribution >= 4 is 16.6 Å². The molecule has 0 spiro atoms. The first-order chi connectivity index (χ1) is 9.76. The zero-order valence-electron chi connectivity index (χ0n) is 11.7. The van der Waals surface area contributed by atoms with Crippen LogP contribution in [-0.4, -0.2) is 12.1 Å². The Kier molecular flexibility index (Phi) is 3.33. The number of fused-ring (bicyclic) bond motifs is 1. The summed E-state index contributed by atoms with van der Waals surface area (Å²) in [6.45, 7) is 2.86. The van der Waals surface area contributed by atoms with Gasteiger partial charge in [0.05, 0.1) is 7.11 Å². The number of rotatable bonds is 4. The summed E-state index contributed by atoms with van der Waals surface area (Å²) in [5.41, 5.74) is 4.68. The van der Waals surface area contributed by atoms with Gasteiger partial charge in [0.15, 0.2) is 0 Å². The Morgan fingerprint density at radius 3 is 2.80 bits per heavy atom. The number of aryl methyl sites for hydroxylation is 1. The molecule has 3 heteroatoms. The summed E-state index contributed by atoms with van der Waals surface area (Å²) in [4.78, 5) is 3.24. The first-order valence-corrected chi connectivity index (χ1v) is 6.71. The number of methoxy groups -OCH3 is 1. The Labute approximate surface area is 118 Å². The van der Waals surface area contributed by atoms with Gasteiger partial charge >= 0.3 is 0 Å². The van der Waals surface area contributed by atoms with Gasteiger partial charge in [-0.3, -0.25) is 0 Å². The van der Waals surface area contributed by atoms with E-state index in [1.807, 2.05) is 18.3 Å². The fourth-order valence-electron chi connectivity index (χ4n) is 2.40. The predicted molar refractivity (Wildman–Crippen MR) is 83.4 cm³/mol. The first-order valence-electron chi connectivity index (χ1n) is 6.71. The number of benzene rings is 2. The molecule has 0 aliphatic carbocycles. The lowest BCUT2D eigenvalue weighted by Crippen LogP contribution is -2.00. The molecule has 3 rings (SSSR count). The van der Waals surface area contributed by atoms with Crippen LogP contribution in [0.15, 0.2) is 48.7 Å². The van der Waals surface area contributed by atoms with Crippen LogP contribution in [0.25, 0.3) is 10.9 Å². The van der Waals surface area contributed by atoms with Gasteiger partial charge in [0.25, 0.3) is 0 Å². The molecule has 20 heavy (non-hydrogen) atoms. The summed E-state index contributed by atoms with van der Waals surface area (Å²) in [5, 5.41) is 4.69.